The predicted octanol–water partition coefficient (Wildman–Crippen LogP) is 2.03. The van der Waals surface area contributed by atoms with E-state index in [1.54, 1.807) is 11.8 Å². The van der Waals surface area contributed by atoms with Gasteiger partial charge >= 0.3 is 0 Å². The van der Waals surface area contributed by atoms with E-state index in [9.17, 15) is 0 Å². The van der Waals surface area contributed by atoms with Crippen molar-refractivity contribution in [1.82, 2.24) is 0 Å². The van der Waals surface area contributed by atoms with Gasteiger partial charge in [0.15, 0.2) is 16.7 Å². The predicted molar refractivity (Wildman–Crippen MR) is 70.9 cm³/mol. The summed E-state index contributed by atoms with van der Waals surface area (Å²) in [5.41, 5.74) is 6.89. The van der Waals surface area contributed by atoms with Crippen LogP contribution in [0.1, 0.15) is 12.5 Å². The van der Waals surface area contributed by atoms with Crippen molar-refractivity contribution in [2.45, 2.75) is 13.3 Å². The number of fused-ring (bicyclic) bond motifs is 1. The number of thioether (sulfide) groups is 1. The normalized spacial score (nSPS) is 14.1. The lowest BCUT2D eigenvalue weighted by molar-refractivity contribution is 0.174. The molecule has 2 rings (SSSR count). The van der Waals surface area contributed by atoms with Crippen LogP contribution in [-0.4, -0.2) is 24.3 Å². The van der Waals surface area contributed by atoms with E-state index in [1.807, 2.05) is 18.2 Å². The first-order chi connectivity index (χ1) is 8.29. The Labute approximate surface area is 105 Å². The zero-order valence-corrected chi connectivity index (χ0v) is 10.6. The third kappa shape index (κ3) is 3.30. The van der Waals surface area contributed by atoms with Crippen LogP contribution < -0.4 is 15.2 Å². The van der Waals surface area contributed by atoms with Crippen molar-refractivity contribution in [3.8, 4) is 11.5 Å². The SMILES string of the molecule is CCSC(N)=NCCc1ccc2c(c1)OCO2. The summed E-state index contributed by atoms with van der Waals surface area (Å²) < 4.78 is 10.6. The van der Waals surface area contributed by atoms with Gasteiger partial charge in [-0.25, -0.2) is 0 Å². The molecule has 2 N–H and O–H groups in total. The molecule has 0 spiro atoms. The number of aliphatic imine (C=N–C) groups is 1. The Balaban J connectivity index is 1.89. The maximum absolute atomic E-state index is 5.71. The van der Waals surface area contributed by atoms with Gasteiger partial charge in [0.05, 0.1) is 0 Å². The summed E-state index contributed by atoms with van der Waals surface area (Å²) in [4.78, 5) is 4.29. The third-order valence-electron chi connectivity index (χ3n) is 2.40. The highest BCUT2D eigenvalue weighted by molar-refractivity contribution is 8.13. The zero-order chi connectivity index (χ0) is 12.1. The van der Waals surface area contributed by atoms with Gasteiger partial charge in [0.1, 0.15) is 0 Å². The van der Waals surface area contributed by atoms with Crippen LogP contribution in [0.5, 0.6) is 11.5 Å². The molecule has 1 aromatic rings. The molecule has 4 nitrogen and oxygen atoms in total. The summed E-state index contributed by atoms with van der Waals surface area (Å²) in [6.07, 6.45) is 0.863. The molecule has 0 radical (unpaired) electrons. The highest BCUT2D eigenvalue weighted by Crippen LogP contribution is 2.32. The van der Waals surface area contributed by atoms with Crippen molar-refractivity contribution >= 4 is 16.9 Å². The van der Waals surface area contributed by atoms with Crippen LogP contribution in [0.3, 0.4) is 0 Å². The number of hydrogen-bond donors (Lipinski definition) is 1. The Bertz CT molecular complexity index is 421. The molecule has 92 valence electrons. The van der Waals surface area contributed by atoms with Gasteiger partial charge in [0.25, 0.3) is 0 Å². The molecule has 0 aromatic heterocycles. The molecule has 17 heavy (non-hydrogen) atoms. The molecule has 0 bridgehead atoms. The van der Waals surface area contributed by atoms with E-state index in [0.29, 0.717) is 18.5 Å². The fourth-order valence-corrected chi connectivity index (χ4v) is 2.06. The number of amidine groups is 1. The quantitative estimate of drug-likeness (QED) is 0.658. The molecule has 0 fully saturated rings. The van der Waals surface area contributed by atoms with Crippen LogP contribution in [0.2, 0.25) is 0 Å². The molecule has 1 aromatic carbocycles. The summed E-state index contributed by atoms with van der Waals surface area (Å²) in [6, 6.07) is 5.97. The van der Waals surface area contributed by atoms with Gasteiger partial charge in [-0.1, -0.05) is 24.8 Å². The molecule has 1 aliphatic heterocycles. The van der Waals surface area contributed by atoms with E-state index in [1.165, 1.54) is 5.56 Å². The Morgan fingerprint density at radius 3 is 3.06 bits per heavy atom. The second kappa shape index (κ2) is 5.82. The molecule has 0 atom stereocenters. The zero-order valence-electron chi connectivity index (χ0n) is 9.81. The first-order valence-corrected chi connectivity index (χ1v) is 6.59. The van der Waals surface area contributed by atoms with Crippen LogP contribution in [-0.2, 0) is 6.42 Å². The molecule has 0 unspecified atom stereocenters. The number of nitrogens with zero attached hydrogens (tertiary/aromatic N) is 1. The average Bonchev–Trinajstić information content (AvgIpc) is 2.76. The minimum Gasteiger partial charge on any atom is -0.454 e. The smallest absolute Gasteiger partial charge is 0.231 e. The maximum Gasteiger partial charge on any atom is 0.231 e. The molecule has 1 heterocycles. The van der Waals surface area contributed by atoms with Gasteiger partial charge in [0.2, 0.25) is 6.79 Å². The molecule has 0 amide bonds. The Hall–Kier alpha value is -1.36. The molecular formula is C12H16N2O2S. The standard InChI is InChI=1S/C12H16N2O2S/c1-2-17-12(13)14-6-5-9-3-4-10-11(7-9)16-8-15-10/h3-4,7H,2,5-6,8H2,1H3,(H2,13,14). The lowest BCUT2D eigenvalue weighted by Crippen LogP contribution is -2.08. The summed E-state index contributed by atoms with van der Waals surface area (Å²) in [5.74, 6) is 2.60. The monoisotopic (exact) mass is 252 g/mol. The second-order valence-electron chi connectivity index (χ2n) is 3.59. The lowest BCUT2D eigenvalue weighted by Gasteiger charge is -2.01. The second-order valence-corrected chi connectivity index (χ2v) is 4.87. The van der Waals surface area contributed by atoms with Crippen molar-refractivity contribution in [3.63, 3.8) is 0 Å². The number of hydrogen-bond acceptors (Lipinski definition) is 4. The van der Waals surface area contributed by atoms with Crippen LogP contribution in [0.4, 0.5) is 0 Å². The van der Waals surface area contributed by atoms with Crippen molar-refractivity contribution < 1.29 is 9.47 Å². The molecule has 5 heteroatoms. The number of ether oxygens (including phenoxy) is 2. The van der Waals surface area contributed by atoms with E-state index in [-0.39, 0.29) is 0 Å². The largest absolute Gasteiger partial charge is 0.454 e. The Kier molecular flexibility index (Phi) is 4.14. The van der Waals surface area contributed by atoms with Crippen molar-refractivity contribution in [2.75, 3.05) is 19.1 Å². The topological polar surface area (TPSA) is 56.8 Å². The van der Waals surface area contributed by atoms with Gasteiger partial charge in [-0.3, -0.25) is 4.99 Å². The van der Waals surface area contributed by atoms with Crippen LogP contribution in [0, 0.1) is 0 Å². The lowest BCUT2D eigenvalue weighted by atomic mass is 10.1. The summed E-state index contributed by atoms with van der Waals surface area (Å²) >= 11 is 1.57. The fourth-order valence-electron chi connectivity index (χ4n) is 1.59. The highest BCUT2D eigenvalue weighted by Gasteiger charge is 2.12. The van der Waals surface area contributed by atoms with E-state index < -0.39 is 0 Å². The van der Waals surface area contributed by atoms with Crippen LogP contribution >= 0.6 is 11.8 Å². The Morgan fingerprint density at radius 1 is 1.41 bits per heavy atom. The van der Waals surface area contributed by atoms with Gasteiger partial charge in [0, 0.05) is 6.54 Å². The average molecular weight is 252 g/mol. The molecule has 1 aliphatic rings. The van der Waals surface area contributed by atoms with E-state index >= 15 is 0 Å². The third-order valence-corrected chi connectivity index (χ3v) is 3.11. The molecule has 0 saturated carbocycles. The van der Waals surface area contributed by atoms with Gasteiger partial charge in [-0.15, -0.1) is 0 Å². The van der Waals surface area contributed by atoms with Crippen molar-refractivity contribution in [1.29, 1.82) is 0 Å². The first kappa shape index (κ1) is 12.1. The summed E-state index contributed by atoms with van der Waals surface area (Å²) in [6.45, 7) is 3.08. The van der Waals surface area contributed by atoms with E-state index in [0.717, 1.165) is 23.7 Å². The highest BCUT2D eigenvalue weighted by atomic mass is 32.2. The summed E-state index contributed by atoms with van der Waals surface area (Å²) in [5, 5.41) is 0.660. The maximum atomic E-state index is 5.71. The van der Waals surface area contributed by atoms with Crippen LogP contribution in [0.15, 0.2) is 23.2 Å². The molecule has 0 saturated heterocycles. The summed E-state index contributed by atoms with van der Waals surface area (Å²) in [7, 11) is 0. The molecule has 0 aliphatic carbocycles. The number of benzene rings is 1. The van der Waals surface area contributed by atoms with E-state index in [4.69, 9.17) is 15.2 Å². The molecular weight excluding hydrogens is 236 g/mol. The number of rotatable bonds is 4. The minimum atomic E-state index is 0.316. The van der Waals surface area contributed by atoms with E-state index in [2.05, 4.69) is 11.9 Å². The fraction of sp³-hybridized carbons (Fsp3) is 0.417. The van der Waals surface area contributed by atoms with Crippen molar-refractivity contribution in [2.24, 2.45) is 10.7 Å². The van der Waals surface area contributed by atoms with Gasteiger partial charge in [-0.2, -0.15) is 0 Å². The van der Waals surface area contributed by atoms with Crippen LogP contribution in [0.25, 0.3) is 0 Å². The van der Waals surface area contributed by atoms with Gasteiger partial charge in [-0.05, 0) is 29.9 Å². The van der Waals surface area contributed by atoms with Crippen molar-refractivity contribution in [3.05, 3.63) is 23.8 Å². The van der Waals surface area contributed by atoms with Gasteiger partial charge < -0.3 is 15.2 Å². The Morgan fingerprint density at radius 2 is 2.24 bits per heavy atom. The minimum absolute atomic E-state index is 0.316. The first-order valence-electron chi connectivity index (χ1n) is 5.61. The number of nitrogens with two attached hydrogens (primary N) is 1.